The molecular formula is C10H38O9Si8. The lowest BCUT2D eigenvalue weighted by Gasteiger charge is -2.50. The topological polar surface area (TPSA) is 116 Å². The fraction of sp³-hybridized carbons (Fsp3) is 1.00. The van der Waals surface area contributed by atoms with Crippen molar-refractivity contribution in [2.45, 2.75) is 38.3 Å². The van der Waals surface area contributed by atoms with Gasteiger partial charge in [-0.2, -0.15) is 0 Å². The predicted octanol–water partition coefficient (Wildman–Crippen LogP) is -3.08. The van der Waals surface area contributed by atoms with E-state index in [-0.39, 0.29) is 0 Å². The summed E-state index contributed by atoms with van der Waals surface area (Å²) >= 11 is 0. The molecule has 2 atom stereocenters. The summed E-state index contributed by atoms with van der Waals surface area (Å²) in [7, 11) is -7.84. The largest absolute Gasteiger partial charge is 0.499 e. The minimum absolute atomic E-state index is 0.587. The zero-order chi connectivity index (χ0) is 21.6. The van der Waals surface area contributed by atoms with Gasteiger partial charge in [0, 0.05) is 44.2 Å². The summed E-state index contributed by atoms with van der Waals surface area (Å²) in [5.74, 6) is 0. The zero-order valence-corrected chi connectivity index (χ0v) is 27.9. The lowest BCUT2D eigenvalue weighted by atomic mass is 10.9. The summed E-state index contributed by atoms with van der Waals surface area (Å²) in [5, 5.41) is 0. The molecule has 0 aliphatic carbocycles. The second-order valence-electron chi connectivity index (χ2n) is 7.70. The SMILES string of the molecule is CO[Si](CC[Si](C)(C)O[Si](O[SiH2]O)([Si](C)(C)O)[Si]([SiH3])(OC)[SiH2]O)(OC)OC. The van der Waals surface area contributed by atoms with E-state index < -0.39 is 58.7 Å². The summed E-state index contributed by atoms with van der Waals surface area (Å²) in [6.45, 7) is 5.01. The molecule has 0 bridgehead atoms. The van der Waals surface area contributed by atoms with Crippen molar-refractivity contribution in [3.05, 3.63) is 0 Å². The maximum absolute atomic E-state index is 11.2. The zero-order valence-electron chi connectivity index (χ0n) is 18.1. The third kappa shape index (κ3) is 6.68. The molecule has 0 aliphatic rings. The van der Waals surface area contributed by atoms with Gasteiger partial charge in [0.15, 0.2) is 17.6 Å². The van der Waals surface area contributed by atoms with Crippen molar-refractivity contribution < 1.29 is 40.3 Å². The van der Waals surface area contributed by atoms with Crippen LogP contribution in [0.3, 0.4) is 0 Å². The van der Waals surface area contributed by atoms with Gasteiger partial charge in [-0.3, -0.25) is 0 Å². The highest BCUT2D eigenvalue weighted by atomic mass is 30.0. The smallest absolute Gasteiger partial charge is 0.439 e. The van der Waals surface area contributed by atoms with Crippen LogP contribution in [0.2, 0.25) is 38.3 Å². The Bertz CT molecular complexity index is 435. The molecule has 0 spiro atoms. The van der Waals surface area contributed by atoms with Crippen LogP contribution in [-0.2, 0) is 25.9 Å². The van der Waals surface area contributed by atoms with Gasteiger partial charge >= 0.3 is 16.4 Å². The average molecular weight is 527 g/mol. The van der Waals surface area contributed by atoms with E-state index in [0.29, 0.717) is 21.8 Å². The summed E-state index contributed by atoms with van der Waals surface area (Å²) in [5.41, 5.74) is 0. The molecule has 0 saturated carbocycles. The second-order valence-corrected chi connectivity index (χ2v) is 56.1. The van der Waals surface area contributed by atoms with E-state index in [0.717, 1.165) is 0 Å². The molecule has 17 heteroatoms. The molecule has 0 radical (unpaired) electrons. The van der Waals surface area contributed by atoms with Crippen LogP contribution in [0.4, 0.5) is 0 Å². The van der Waals surface area contributed by atoms with Gasteiger partial charge in [0.25, 0.3) is 10.0 Å². The number of hydrogen-bond acceptors (Lipinski definition) is 9. The summed E-state index contributed by atoms with van der Waals surface area (Å²) in [6.07, 6.45) is 0. The molecule has 0 heterocycles. The number of rotatable bonds is 14. The van der Waals surface area contributed by atoms with Crippen LogP contribution in [0.5, 0.6) is 0 Å². The van der Waals surface area contributed by atoms with Gasteiger partial charge in [-0.05, 0) is 32.2 Å². The van der Waals surface area contributed by atoms with Crippen LogP contribution in [0, 0.1) is 0 Å². The van der Waals surface area contributed by atoms with Gasteiger partial charge in [-0.25, -0.2) is 0 Å². The third-order valence-electron chi connectivity index (χ3n) is 4.91. The Labute approximate surface area is 175 Å². The summed E-state index contributed by atoms with van der Waals surface area (Å²) in [6, 6.07) is 1.27. The first-order valence-electron chi connectivity index (χ1n) is 8.77. The van der Waals surface area contributed by atoms with Crippen LogP contribution < -0.4 is 0 Å². The maximum Gasteiger partial charge on any atom is 0.499 e. The van der Waals surface area contributed by atoms with Crippen molar-refractivity contribution in [2.24, 2.45) is 0 Å². The maximum atomic E-state index is 11.2. The molecule has 3 N–H and O–H groups in total. The van der Waals surface area contributed by atoms with Crippen molar-refractivity contribution in [1.29, 1.82) is 0 Å². The molecular weight excluding hydrogens is 489 g/mol. The molecule has 0 rings (SSSR count). The fourth-order valence-electron chi connectivity index (χ4n) is 3.08. The van der Waals surface area contributed by atoms with Crippen LogP contribution in [-0.4, -0.2) is 111 Å². The second kappa shape index (κ2) is 11.1. The van der Waals surface area contributed by atoms with Gasteiger partial charge in [0.2, 0.25) is 14.7 Å². The third-order valence-corrected chi connectivity index (χ3v) is 69.9. The van der Waals surface area contributed by atoms with E-state index >= 15 is 0 Å². The molecule has 2 unspecified atom stereocenters. The average Bonchev–Trinajstić information content (AvgIpc) is 2.61. The van der Waals surface area contributed by atoms with Crippen molar-refractivity contribution in [2.75, 3.05) is 28.4 Å². The van der Waals surface area contributed by atoms with Crippen LogP contribution in [0.1, 0.15) is 0 Å². The Morgan fingerprint density at radius 2 is 1.33 bits per heavy atom. The molecule has 164 valence electrons. The molecule has 0 amide bonds. The van der Waals surface area contributed by atoms with Crippen LogP contribution in [0.15, 0.2) is 0 Å². The van der Waals surface area contributed by atoms with E-state index in [1.807, 2.05) is 0 Å². The Balaban J connectivity index is 5.90. The highest BCUT2D eigenvalue weighted by Crippen LogP contribution is 2.33. The van der Waals surface area contributed by atoms with Crippen molar-refractivity contribution >= 4 is 68.5 Å². The molecule has 0 aromatic carbocycles. The van der Waals surface area contributed by atoms with Crippen molar-refractivity contribution in [1.82, 2.24) is 0 Å². The van der Waals surface area contributed by atoms with E-state index in [9.17, 15) is 14.4 Å². The van der Waals surface area contributed by atoms with Gasteiger partial charge in [-0.15, -0.1) is 0 Å². The Hall–Kier alpha value is 1.38. The van der Waals surface area contributed by atoms with E-state index in [1.165, 1.54) is 0 Å². The number of hydrogen-bond donors (Lipinski definition) is 3. The molecule has 27 heavy (non-hydrogen) atoms. The minimum atomic E-state index is -3.26. The predicted molar refractivity (Wildman–Crippen MR) is 126 cm³/mol. The Morgan fingerprint density at radius 1 is 0.852 bits per heavy atom. The summed E-state index contributed by atoms with van der Waals surface area (Å²) < 4.78 is 35.1. The quantitative estimate of drug-likeness (QED) is 0.203. The molecule has 9 nitrogen and oxygen atoms in total. The van der Waals surface area contributed by atoms with Gasteiger partial charge in [-0.1, -0.05) is 0 Å². The molecule has 0 fully saturated rings. The molecule has 0 saturated heterocycles. The summed E-state index contributed by atoms with van der Waals surface area (Å²) in [4.78, 5) is 31.2. The van der Waals surface area contributed by atoms with Crippen LogP contribution >= 0.6 is 0 Å². The van der Waals surface area contributed by atoms with Gasteiger partial charge in [0.1, 0.15) is 0 Å². The Kier molecular flexibility index (Phi) is 11.7. The molecule has 0 aromatic rings. The first-order chi connectivity index (χ1) is 12.3. The minimum Gasteiger partial charge on any atom is -0.439 e. The van der Waals surface area contributed by atoms with Gasteiger partial charge in [0.05, 0.1) is 0 Å². The standard InChI is InChI=1S/C10H38O9Si8/c1-14-25(15-2,16-3)10-9-23(5,6)19-26(18-21-11,24(7,8)13)27(20,17-4)22-12/h11-13H,9-10,21-22H2,1-8,20H3. The first-order valence-corrected chi connectivity index (χ1v) is 30.2. The van der Waals surface area contributed by atoms with E-state index in [4.69, 9.17) is 25.9 Å². The molecule has 0 aromatic heterocycles. The lowest BCUT2D eigenvalue weighted by Crippen LogP contribution is -2.85. The molecule has 0 aliphatic heterocycles. The lowest BCUT2D eigenvalue weighted by molar-refractivity contribution is 0.125. The Morgan fingerprint density at radius 3 is 1.63 bits per heavy atom. The monoisotopic (exact) mass is 526 g/mol. The van der Waals surface area contributed by atoms with Crippen molar-refractivity contribution in [3.63, 3.8) is 0 Å². The van der Waals surface area contributed by atoms with E-state index in [1.54, 1.807) is 41.5 Å². The normalized spacial score (nSPS) is 19.2. The van der Waals surface area contributed by atoms with Gasteiger partial charge < -0.3 is 40.3 Å². The fourth-order valence-corrected chi connectivity index (χ4v) is 97.3. The van der Waals surface area contributed by atoms with E-state index in [2.05, 4.69) is 13.1 Å². The highest BCUT2D eigenvalue weighted by Gasteiger charge is 2.68. The highest BCUT2D eigenvalue weighted by molar-refractivity contribution is 7.83. The van der Waals surface area contributed by atoms with Crippen LogP contribution in [0.25, 0.3) is 0 Å². The van der Waals surface area contributed by atoms with Crippen molar-refractivity contribution in [3.8, 4) is 0 Å². The first kappa shape index (κ1) is 28.4.